The first-order valence-electron chi connectivity index (χ1n) is 6.06. The maximum absolute atomic E-state index is 11.4. The summed E-state index contributed by atoms with van der Waals surface area (Å²) in [5, 5.41) is 2.27. The van der Waals surface area contributed by atoms with Crippen molar-refractivity contribution in [3.63, 3.8) is 0 Å². The molecule has 1 amide bonds. The number of nitrogens with zero attached hydrogens (tertiary/aromatic N) is 2. The molecule has 4 nitrogen and oxygen atoms in total. The second kappa shape index (κ2) is 5.89. The van der Waals surface area contributed by atoms with Crippen LogP contribution in [0.3, 0.4) is 0 Å². The Bertz CT molecular complexity index is 578. The summed E-state index contributed by atoms with van der Waals surface area (Å²) >= 11 is 5.70. The van der Waals surface area contributed by atoms with Gasteiger partial charge in [-0.1, -0.05) is 18.2 Å². The number of carbonyl (C=O) groups is 1. The summed E-state index contributed by atoms with van der Waals surface area (Å²) in [4.78, 5) is 15.7. The van der Waals surface area contributed by atoms with Gasteiger partial charge in [0, 0.05) is 31.5 Å². The van der Waals surface area contributed by atoms with E-state index in [2.05, 4.69) is 10.3 Å². The molecule has 0 spiro atoms. The van der Waals surface area contributed by atoms with Crippen molar-refractivity contribution in [2.24, 2.45) is 7.05 Å². The highest BCUT2D eigenvalue weighted by Crippen LogP contribution is 2.17. The van der Waals surface area contributed by atoms with Crippen molar-refractivity contribution in [1.29, 1.82) is 0 Å². The molecule has 2 rings (SSSR count). The number of nitrogens with one attached hydrogen (secondary N) is 1. The minimum atomic E-state index is -0.516. The second-order valence-electron chi connectivity index (χ2n) is 4.40. The number of rotatable bonds is 4. The average molecular weight is 278 g/mol. The molecule has 1 unspecified atom stereocenters. The summed E-state index contributed by atoms with van der Waals surface area (Å²) in [5.41, 5.74) is 2.05. The van der Waals surface area contributed by atoms with Crippen molar-refractivity contribution < 1.29 is 4.79 Å². The van der Waals surface area contributed by atoms with Crippen molar-refractivity contribution >= 4 is 17.5 Å². The molecule has 0 bridgehead atoms. The number of hydrogen-bond donors (Lipinski definition) is 1. The Hall–Kier alpha value is -1.81. The van der Waals surface area contributed by atoms with E-state index in [-0.39, 0.29) is 5.91 Å². The van der Waals surface area contributed by atoms with Gasteiger partial charge in [0.15, 0.2) is 0 Å². The lowest BCUT2D eigenvalue weighted by molar-refractivity contribution is -0.120. The molecule has 1 aromatic heterocycles. The maximum atomic E-state index is 11.4. The van der Waals surface area contributed by atoms with Crippen LogP contribution in [0.5, 0.6) is 0 Å². The first kappa shape index (κ1) is 13.6. The molecule has 100 valence electrons. The molecule has 0 aliphatic rings. The first-order valence-corrected chi connectivity index (χ1v) is 6.50. The minimum absolute atomic E-state index is 0.163. The fourth-order valence-corrected chi connectivity index (χ4v) is 1.87. The van der Waals surface area contributed by atoms with Gasteiger partial charge in [-0.25, -0.2) is 4.98 Å². The Morgan fingerprint density at radius 3 is 2.95 bits per heavy atom. The predicted molar refractivity (Wildman–Crippen MR) is 75.8 cm³/mol. The first-order chi connectivity index (χ1) is 9.08. The van der Waals surface area contributed by atoms with Crippen LogP contribution in [-0.2, 0) is 18.4 Å². The van der Waals surface area contributed by atoms with E-state index in [1.54, 1.807) is 13.1 Å². The van der Waals surface area contributed by atoms with Crippen LogP contribution in [0.4, 0.5) is 0 Å². The summed E-state index contributed by atoms with van der Waals surface area (Å²) in [5.74, 6) is 0.739. The van der Waals surface area contributed by atoms with Gasteiger partial charge in [-0.05, 0) is 18.6 Å². The molecule has 0 saturated carbocycles. The number of benzene rings is 1. The number of imidazole rings is 1. The van der Waals surface area contributed by atoms with Crippen LogP contribution in [0.15, 0.2) is 36.7 Å². The van der Waals surface area contributed by atoms with Gasteiger partial charge in [-0.15, -0.1) is 11.6 Å². The Kier molecular flexibility index (Phi) is 4.22. The summed E-state index contributed by atoms with van der Waals surface area (Å²) in [6, 6.07) is 7.93. The quantitative estimate of drug-likeness (QED) is 0.872. The van der Waals surface area contributed by atoms with Crippen LogP contribution in [-0.4, -0.2) is 20.8 Å². The van der Waals surface area contributed by atoms with Crippen molar-refractivity contribution in [3.05, 3.63) is 42.2 Å². The Morgan fingerprint density at radius 2 is 2.32 bits per heavy atom. The number of halogens is 1. The van der Waals surface area contributed by atoms with Crippen LogP contribution in [0.25, 0.3) is 11.4 Å². The fourth-order valence-electron chi connectivity index (χ4n) is 1.79. The summed E-state index contributed by atoms with van der Waals surface area (Å²) in [6.45, 7) is 2.12. The fraction of sp³-hybridized carbons (Fsp3) is 0.286. The van der Waals surface area contributed by atoms with E-state index < -0.39 is 5.38 Å². The second-order valence-corrected chi connectivity index (χ2v) is 5.05. The van der Waals surface area contributed by atoms with Gasteiger partial charge in [-0.3, -0.25) is 4.79 Å². The third-order valence-electron chi connectivity index (χ3n) is 2.83. The Balaban J connectivity index is 2.12. The minimum Gasteiger partial charge on any atom is -0.351 e. The van der Waals surface area contributed by atoms with Gasteiger partial charge in [0.05, 0.1) is 0 Å². The van der Waals surface area contributed by atoms with Crippen LogP contribution < -0.4 is 5.32 Å². The largest absolute Gasteiger partial charge is 0.351 e. The SMILES string of the molecule is CC(Cl)C(=O)NCc1cccc(-c2nccn2C)c1. The number of alkyl halides is 1. The smallest absolute Gasteiger partial charge is 0.238 e. The molecule has 2 aromatic rings. The highest BCUT2D eigenvalue weighted by atomic mass is 35.5. The molecule has 0 aliphatic carbocycles. The van der Waals surface area contributed by atoms with E-state index >= 15 is 0 Å². The van der Waals surface area contributed by atoms with E-state index in [9.17, 15) is 4.79 Å². The molecule has 0 radical (unpaired) electrons. The number of aryl methyl sites for hydroxylation is 1. The maximum Gasteiger partial charge on any atom is 0.238 e. The molecule has 19 heavy (non-hydrogen) atoms. The Labute approximate surface area is 117 Å². The van der Waals surface area contributed by atoms with Crippen molar-refractivity contribution in [2.45, 2.75) is 18.8 Å². The lowest BCUT2D eigenvalue weighted by Crippen LogP contribution is -2.29. The molecule has 0 fully saturated rings. The average Bonchev–Trinajstić information content (AvgIpc) is 2.82. The molecule has 5 heteroatoms. The molecule has 1 atom stereocenters. The van der Waals surface area contributed by atoms with Crippen molar-refractivity contribution in [2.75, 3.05) is 0 Å². The number of carbonyl (C=O) groups excluding carboxylic acids is 1. The van der Waals surface area contributed by atoms with E-state index in [0.717, 1.165) is 17.0 Å². The van der Waals surface area contributed by atoms with Crippen LogP contribution in [0.1, 0.15) is 12.5 Å². The zero-order valence-corrected chi connectivity index (χ0v) is 11.7. The van der Waals surface area contributed by atoms with Crippen LogP contribution in [0, 0.1) is 0 Å². The summed E-state index contributed by atoms with van der Waals surface area (Å²) in [6.07, 6.45) is 3.66. The molecular formula is C14H16ClN3O. The van der Waals surface area contributed by atoms with Crippen molar-refractivity contribution in [1.82, 2.24) is 14.9 Å². The topological polar surface area (TPSA) is 46.9 Å². The zero-order chi connectivity index (χ0) is 13.8. The van der Waals surface area contributed by atoms with E-state index in [1.165, 1.54) is 0 Å². The number of amides is 1. The summed E-state index contributed by atoms with van der Waals surface area (Å²) in [7, 11) is 1.95. The van der Waals surface area contributed by atoms with E-state index in [1.807, 2.05) is 42.1 Å². The highest BCUT2D eigenvalue weighted by Gasteiger charge is 2.09. The van der Waals surface area contributed by atoms with Crippen LogP contribution in [0.2, 0.25) is 0 Å². The van der Waals surface area contributed by atoms with Gasteiger partial charge in [0.1, 0.15) is 11.2 Å². The standard InChI is InChI=1S/C14H16ClN3O/c1-10(15)14(19)17-9-11-4-3-5-12(8-11)13-16-6-7-18(13)2/h3-8,10H,9H2,1-2H3,(H,17,19). The highest BCUT2D eigenvalue weighted by molar-refractivity contribution is 6.30. The predicted octanol–water partition coefficient (Wildman–Crippen LogP) is 2.33. The van der Waals surface area contributed by atoms with Crippen LogP contribution >= 0.6 is 11.6 Å². The van der Waals surface area contributed by atoms with E-state index in [4.69, 9.17) is 11.6 Å². The Morgan fingerprint density at radius 1 is 1.53 bits per heavy atom. The normalized spacial score (nSPS) is 12.2. The molecular weight excluding hydrogens is 262 g/mol. The van der Waals surface area contributed by atoms with Gasteiger partial charge < -0.3 is 9.88 Å². The molecule has 1 aromatic carbocycles. The monoisotopic (exact) mass is 277 g/mol. The molecule has 1 heterocycles. The van der Waals surface area contributed by atoms with Gasteiger partial charge >= 0.3 is 0 Å². The summed E-state index contributed by atoms with van der Waals surface area (Å²) < 4.78 is 1.96. The molecule has 0 aliphatic heterocycles. The zero-order valence-electron chi connectivity index (χ0n) is 10.9. The molecule has 1 N–H and O–H groups in total. The van der Waals surface area contributed by atoms with Gasteiger partial charge in [0.25, 0.3) is 0 Å². The lowest BCUT2D eigenvalue weighted by Gasteiger charge is -2.08. The number of hydrogen-bond acceptors (Lipinski definition) is 2. The third kappa shape index (κ3) is 3.35. The van der Waals surface area contributed by atoms with Crippen molar-refractivity contribution in [3.8, 4) is 11.4 Å². The van der Waals surface area contributed by atoms with Gasteiger partial charge in [0.2, 0.25) is 5.91 Å². The van der Waals surface area contributed by atoms with Gasteiger partial charge in [-0.2, -0.15) is 0 Å². The van der Waals surface area contributed by atoms with E-state index in [0.29, 0.717) is 6.54 Å². The lowest BCUT2D eigenvalue weighted by atomic mass is 10.1. The third-order valence-corrected chi connectivity index (χ3v) is 3.03. The number of aromatic nitrogens is 2. The molecule has 0 saturated heterocycles.